The van der Waals surface area contributed by atoms with Crippen molar-refractivity contribution in [3.05, 3.63) is 43.9 Å². The fourth-order valence-corrected chi connectivity index (χ4v) is 3.85. The average Bonchev–Trinajstić information content (AvgIpc) is 2.80. The number of hydrogen-bond acceptors (Lipinski definition) is 4. The van der Waals surface area contributed by atoms with Crippen LogP contribution in [0.5, 0.6) is 0 Å². The number of pyridine rings is 1. The molecule has 0 aromatic carbocycles. The van der Waals surface area contributed by atoms with Crippen LogP contribution in [0.15, 0.2) is 21.2 Å². The fraction of sp³-hybridized carbons (Fsp3) is 0.375. The zero-order chi connectivity index (χ0) is 17.4. The highest BCUT2D eigenvalue weighted by atomic mass is 79.9. The smallest absolute Gasteiger partial charge is 0.258 e. The molecule has 1 fully saturated rings. The lowest BCUT2D eigenvalue weighted by molar-refractivity contribution is 0.0744. The summed E-state index contributed by atoms with van der Waals surface area (Å²) in [5, 5.41) is 1.03. The van der Waals surface area contributed by atoms with E-state index in [1.807, 2.05) is 11.8 Å². The van der Waals surface area contributed by atoms with E-state index in [2.05, 4.69) is 25.8 Å². The van der Waals surface area contributed by atoms with Gasteiger partial charge in [0, 0.05) is 32.4 Å². The molecule has 0 saturated carbocycles. The summed E-state index contributed by atoms with van der Waals surface area (Å²) in [4.78, 5) is 20.9. The number of carbonyl (C=O) groups is 1. The number of furan rings is 1. The number of aromatic nitrogens is 1. The number of amides is 1. The molecule has 0 bridgehead atoms. The molecule has 0 spiro atoms. The van der Waals surface area contributed by atoms with Crippen molar-refractivity contribution in [1.29, 1.82) is 0 Å². The Hall–Kier alpha value is -1.24. The summed E-state index contributed by atoms with van der Waals surface area (Å²) in [5.41, 5.74) is 0.601. The molecule has 8 heteroatoms. The van der Waals surface area contributed by atoms with E-state index in [0.29, 0.717) is 59.1 Å². The molecular weight excluding hydrogens is 417 g/mol. The Morgan fingerprint density at radius 3 is 2.42 bits per heavy atom. The van der Waals surface area contributed by atoms with E-state index in [9.17, 15) is 4.79 Å². The number of aryl methyl sites for hydroxylation is 2. The first kappa shape index (κ1) is 17.6. The van der Waals surface area contributed by atoms with Crippen molar-refractivity contribution in [2.45, 2.75) is 13.8 Å². The van der Waals surface area contributed by atoms with Gasteiger partial charge in [-0.25, -0.2) is 4.98 Å². The predicted molar refractivity (Wildman–Crippen MR) is 98.3 cm³/mol. The van der Waals surface area contributed by atoms with Gasteiger partial charge in [-0.1, -0.05) is 23.2 Å². The van der Waals surface area contributed by atoms with Crippen molar-refractivity contribution in [3.63, 3.8) is 0 Å². The van der Waals surface area contributed by atoms with E-state index in [1.54, 1.807) is 19.2 Å². The van der Waals surface area contributed by atoms with Crippen molar-refractivity contribution in [1.82, 2.24) is 9.88 Å². The first-order chi connectivity index (χ1) is 11.4. The number of anilines is 1. The lowest BCUT2D eigenvalue weighted by Crippen LogP contribution is -2.49. The van der Waals surface area contributed by atoms with Crippen LogP contribution >= 0.6 is 39.1 Å². The van der Waals surface area contributed by atoms with Crippen molar-refractivity contribution in [3.8, 4) is 0 Å². The van der Waals surface area contributed by atoms with Crippen LogP contribution in [0.2, 0.25) is 10.0 Å². The van der Waals surface area contributed by atoms with Gasteiger partial charge in [0.25, 0.3) is 5.91 Å². The van der Waals surface area contributed by atoms with Gasteiger partial charge in [0.15, 0.2) is 0 Å². The number of carbonyl (C=O) groups excluding carboxylic acids is 1. The highest BCUT2D eigenvalue weighted by Crippen LogP contribution is 2.30. The zero-order valence-corrected chi connectivity index (χ0v) is 16.4. The SMILES string of the molecule is Cc1oc(C)c(C(=O)N2CCN(c3ncc(Cl)cc3Cl)CC2)c1Br. The lowest BCUT2D eigenvalue weighted by atomic mass is 10.2. The van der Waals surface area contributed by atoms with Crippen LogP contribution in [0, 0.1) is 13.8 Å². The molecule has 0 atom stereocenters. The van der Waals surface area contributed by atoms with Crippen LogP contribution < -0.4 is 4.90 Å². The zero-order valence-electron chi connectivity index (χ0n) is 13.3. The summed E-state index contributed by atoms with van der Waals surface area (Å²) in [6, 6.07) is 1.68. The number of piperazine rings is 1. The second-order valence-electron chi connectivity index (χ2n) is 5.64. The Morgan fingerprint density at radius 1 is 1.21 bits per heavy atom. The van der Waals surface area contributed by atoms with Gasteiger partial charge in [-0.2, -0.15) is 0 Å². The number of halogens is 3. The van der Waals surface area contributed by atoms with Gasteiger partial charge in [0.2, 0.25) is 0 Å². The first-order valence-electron chi connectivity index (χ1n) is 7.49. The summed E-state index contributed by atoms with van der Waals surface area (Å²) in [6.07, 6.45) is 1.58. The molecule has 24 heavy (non-hydrogen) atoms. The molecule has 2 aromatic heterocycles. The van der Waals surface area contributed by atoms with Crippen LogP contribution in [-0.4, -0.2) is 42.0 Å². The molecular formula is C16H16BrCl2N3O2. The van der Waals surface area contributed by atoms with Gasteiger partial charge in [-0.05, 0) is 35.8 Å². The Labute approximate surface area is 158 Å². The Bertz CT molecular complexity index is 786. The van der Waals surface area contributed by atoms with Crippen LogP contribution in [0.4, 0.5) is 5.82 Å². The van der Waals surface area contributed by atoms with Gasteiger partial charge >= 0.3 is 0 Å². The van der Waals surface area contributed by atoms with E-state index in [4.69, 9.17) is 27.6 Å². The molecule has 3 heterocycles. The van der Waals surface area contributed by atoms with Crippen molar-refractivity contribution >= 4 is 50.9 Å². The maximum atomic E-state index is 12.8. The molecule has 5 nitrogen and oxygen atoms in total. The monoisotopic (exact) mass is 431 g/mol. The van der Waals surface area contributed by atoms with Crippen LogP contribution in [0.3, 0.4) is 0 Å². The number of rotatable bonds is 2. The molecule has 1 aliphatic heterocycles. The first-order valence-corrected chi connectivity index (χ1v) is 9.04. The Kier molecular flexibility index (Phi) is 5.08. The summed E-state index contributed by atoms with van der Waals surface area (Å²) >= 11 is 15.5. The quantitative estimate of drug-likeness (QED) is 0.708. The molecule has 1 saturated heterocycles. The maximum Gasteiger partial charge on any atom is 0.258 e. The number of nitrogens with zero attached hydrogens (tertiary/aromatic N) is 3. The largest absolute Gasteiger partial charge is 0.465 e. The molecule has 1 aliphatic rings. The average molecular weight is 433 g/mol. The minimum absolute atomic E-state index is 0.0222. The minimum atomic E-state index is -0.0222. The molecule has 0 N–H and O–H groups in total. The van der Waals surface area contributed by atoms with E-state index in [-0.39, 0.29) is 5.91 Å². The Balaban J connectivity index is 1.72. The normalized spacial score (nSPS) is 15.0. The lowest BCUT2D eigenvalue weighted by Gasteiger charge is -2.35. The van der Waals surface area contributed by atoms with Gasteiger partial charge in [-0.15, -0.1) is 0 Å². The third kappa shape index (κ3) is 3.27. The fourth-order valence-electron chi connectivity index (χ4n) is 2.82. The van der Waals surface area contributed by atoms with E-state index in [0.717, 1.165) is 4.47 Å². The standard InChI is InChI=1S/C16H16BrCl2N3O2/c1-9-13(14(17)10(2)24-9)16(23)22-5-3-21(4-6-22)15-12(19)7-11(18)8-20-15/h7-8H,3-6H2,1-2H3. The van der Waals surface area contributed by atoms with Gasteiger partial charge < -0.3 is 14.2 Å². The third-order valence-electron chi connectivity index (χ3n) is 4.06. The third-order valence-corrected chi connectivity index (χ3v) is 5.50. The minimum Gasteiger partial charge on any atom is -0.465 e. The highest BCUT2D eigenvalue weighted by Gasteiger charge is 2.28. The summed E-state index contributed by atoms with van der Waals surface area (Å²) in [5.74, 6) is 2.02. The van der Waals surface area contributed by atoms with Crippen molar-refractivity contribution in [2.24, 2.45) is 0 Å². The van der Waals surface area contributed by atoms with E-state index < -0.39 is 0 Å². The molecule has 128 valence electrons. The summed E-state index contributed by atoms with van der Waals surface area (Å²) in [6.45, 7) is 6.14. The predicted octanol–water partition coefficient (Wildman–Crippen LogP) is 4.32. The van der Waals surface area contributed by atoms with Crippen LogP contribution in [0.25, 0.3) is 0 Å². The number of hydrogen-bond donors (Lipinski definition) is 0. The van der Waals surface area contributed by atoms with Crippen LogP contribution in [0.1, 0.15) is 21.9 Å². The highest BCUT2D eigenvalue weighted by molar-refractivity contribution is 9.10. The van der Waals surface area contributed by atoms with Gasteiger partial charge in [-0.3, -0.25) is 4.79 Å². The second kappa shape index (κ2) is 6.94. The topological polar surface area (TPSA) is 49.6 Å². The molecule has 0 unspecified atom stereocenters. The summed E-state index contributed by atoms with van der Waals surface area (Å²) < 4.78 is 6.26. The van der Waals surface area contributed by atoms with E-state index >= 15 is 0 Å². The molecule has 0 radical (unpaired) electrons. The molecule has 1 amide bonds. The van der Waals surface area contributed by atoms with Crippen molar-refractivity contribution in [2.75, 3.05) is 31.1 Å². The summed E-state index contributed by atoms with van der Waals surface area (Å²) in [7, 11) is 0. The molecule has 2 aromatic rings. The van der Waals surface area contributed by atoms with Gasteiger partial charge in [0.05, 0.1) is 20.1 Å². The van der Waals surface area contributed by atoms with Crippen LogP contribution in [-0.2, 0) is 0 Å². The molecule has 3 rings (SSSR count). The Morgan fingerprint density at radius 2 is 1.88 bits per heavy atom. The molecule has 0 aliphatic carbocycles. The van der Waals surface area contributed by atoms with Crippen molar-refractivity contribution < 1.29 is 9.21 Å². The second-order valence-corrected chi connectivity index (χ2v) is 7.28. The van der Waals surface area contributed by atoms with E-state index in [1.165, 1.54) is 0 Å². The maximum absolute atomic E-state index is 12.8. The van der Waals surface area contributed by atoms with Gasteiger partial charge in [0.1, 0.15) is 17.3 Å².